The van der Waals surface area contributed by atoms with Gasteiger partial charge in [-0.1, -0.05) is 0 Å². The Bertz CT molecular complexity index is 1140. The third kappa shape index (κ3) is 6.21. The van der Waals surface area contributed by atoms with Gasteiger partial charge in [-0.2, -0.15) is 8.62 Å². The van der Waals surface area contributed by atoms with Gasteiger partial charge in [-0.05, 0) is 6.92 Å². The molecule has 3 rings (SSSR count). The van der Waals surface area contributed by atoms with Crippen molar-refractivity contribution in [2.24, 2.45) is 0 Å². The highest BCUT2D eigenvalue weighted by Gasteiger charge is 2.47. The largest absolute Gasteiger partial charge is 0.490 e. The van der Waals surface area contributed by atoms with Crippen LogP contribution in [0.1, 0.15) is 13.2 Å². The van der Waals surface area contributed by atoms with E-state index in [9.17, 15) is 28.8 Å². The number of imidazole rings is 1. The van der Waals surface area contributed by atoms with E-state index < -0.39 is 54.6 Å². The maximum absolute atomic E-state index is 12.6. The summed E-state index contributed by atoms with van der Waals surface area (Å²) in [6, 6.07) is 0. The van der Waals surface area contributed by atoms with Crippen LogP contribution in [0.5, 0.6) is 0 Å². The number of aliphatic hydroxyl groups is 2. The zero-order valence-corrected chi connectivity index (χ0v) is 19.3. The highest BCUT2D eigenvalue weighted by molar-refractivity contribution is 7.66. The van der Waals surface area contributed by atoms with Crippen molar-refractivity contribution in [1.82, 2.24) is 19.5 Å². The molecule has 1 fully saturated rings. The molecule has 0 amide bonds. The van der Waals surface area contributed by atoms with Crippen molar-refractivity contribution < 1.29 is 61.0 Å². The fraction of sp³-hybridized carbons (Fsp3) is 0.583. The molecule has 2 aromatic heterocycles. The third-order valence-electron chi connectivity index (χ3n) is 4.10. The lowest BCUT2D eigenvalue weighted by Crippen LogP contribution is -2.33. The lowest BCUT2D eigenvalue weighted by molar-refractivity contribution is -0.0512. The molecular formula is C12H20N5O13P3. The normalized spacial score (nSPS) is 27.5. The van der Waals surface area contributed by atoms with Crippen LogP contribution >= 0.6 is 23.5 Å². The summed E-state index contributed by atoms with van der Waals surface area (Å²) in [7, 11) is -16.1. The Kier molecular flexibility index (Phi) is 7.73. The second-order valence-corrected chi connectivity index (χ2v) is 11.0. The van der Waals surface area contributed by atoms with Crippen LogP contribution in [0.4, 0.5) is 5.82 Å². The average Bonchev–Trinajstić information content (AvgIpc) is 3.21. The molecule has 0 spiro atoms. The topological polar surface area (TPSA) is 268 Å². The molecule has 3 heterocycles. The van der Waals surface area contributed by atoms with Crippen molar-refractivity contribution in [3.8, 4) is 0 Å². The number of aliphatic hydroxyl groups excluding tert-OH is 2. The standard InChI is InChI=1S/C12H20N5O13P3/c1-2-26-33(25,30-32(23,24)29-31(20,21)22)27-3-6-8(18)9(19)12(28-6)17-5-16-7-10(13)14-4-15-11(7)17/h4-6,8-9,12,18-19H,2-3H2,1H3,(H,23,24)(H2,13,14,15)(H2,20,21,22)/t6-,8-,9-,12-,33?/m1/s1. The zero-order chi connectivity index (χ0) is 24.6. The van der Waals surface area contributed by atoms with Gasteiger partial charge in [0.2, 0.25) is 0 Å². The molecule has 2 aromatic rings. The molecular weight excluding hydrogens is 515 g/mol. The molecule has 7 N–H and O–H groups in total. The molecule has 1 aliphatic rings. The molecule has 186 valence electrons. The fourth-order valence-electron chi connectivity index (χ4n) is 2.84. The molecule has 21 heteroatoms. The van der Waals surface area contributed by atoms with Crippen LogP contribution in [0.2, 0.25) is 0 Å². The van der Waals surface area contributed by atoms with Crippen molar-refractivity contribution >= 4 is 40.4 Å². The van der Waals surface area contributed by atoms with Gasteiger partial charge in [0.05, 0.1) is 19.5 Å². The van der Waals surface area contributed by atoms with Crippen LogP contribution in [0.15, 0.2) is 12.7 Å². The molecule has 1 saturated heterocycles. The number of ether oxygens (including phenoxy) is 1. The van der Waals surface area contributed by atoms with Crippen LogP contribution in [0.25, 0.3) is 11.2 Å². The molecule has 0 radical (unpaired) electrons. The number of hydrogen-bond acceptors (Lipinski definition) is 14. The van der Waals surface area contributed by atoms with E-state index in [0.29, 0.717) is 0 Å². The molecule has 6 atom stereocenters. The number of nitrogen functional groups attached to an aromatic ring is 1. The number of phosphoric ester groups is 1. The predicted octanol–water partition coefficient (Wildman–Crippen LogP) is -0.585. The lowest BCUT2D eigenvalue weighted by Gasteiger charge is -2.22. The maximum atomic E-state index is 12.6. The molecule has 1 aliphatic heterocycles. The Labute approximate surface area is 184 Å². The Morgan fingerprint density at radius 2 is 1.79 bits per heavy atom. The Morgan fingerprint density at radius 1 is 1.09 bits per heavy atom. The Morgan fingerprint density at radius 3 is 2.42 bits per heavy atom. The van der Waals surface area contributed by atoms with Crippen LogP contribution in [0, 0.1) is 0 Å². The van der Waals surface area contributed by atoms with E-state index in [1.165, 1.54) is 17.8 Å². The van der Waals surface area contributed by atoms with Gasteiger partial charge in [0.1, 0.15) is 30.2 Å². The van der Waals surface area contributed by atoms with Gasteiger partial charge in [-0.15, -0.1) is 0 Å². The summed E-state index contributed by atoms with van der Waals surface area (Å²) in [6.45, 7) is 0.115. The first-order valence-corrected chi connectivity index (χ1v) is 13.4. The summed E-state index contributed by atoms with van der Waals surface area (Å²) in [4.78, 5) is 38.5. The highest BCUT2D eigenvalue weighted by atomic mass is 31.3. The van der Waals surface area contributed by atoms with Crippen LogP contribution in [0.3, 0.4) is 0 Å². The number of nitrogens with two attached hydrogens (primary N) is 1. The number of anilines is 1. The minimum absolute atomic E-state index is 0.0624. The van der Waals surface area contributed by atoms with Gasteiger partial charge in [0.25, 0.3) is 0 Å². The van der Waals surface area contributed by atoms with Crippen LogP contribution in [-0.4, -0.2) is 75.9 Å². The van der Waals surface area contributed by atoms with Crippen molar-refractivity contribution in [2.75, 3.05) is 18.9 Å². The molecule has 18 nitrogen and oxygen atoms in total. The van der Waals surface area contributed by atoms with Gasteiger partial charge in [-0.3, -0.25) is 13.6 Å². The first kappa shape index (κ1) is 26.2. The van der Waals surface area contributed by atoms with Crippen molar-refractivity contribution in [2.45, 2.75) is 31.5 Å². The summed E-state index contributed by atoms with van der Waals surface area (Å²) >= 11 is 0. The third-order valence-corrected chi connectivity index (χ3v) is 8.44. The molecule has 33 heavy (non-hydrogen) atoms. The van der Waals surface area contributed by atoms with Crippen molar-refractivity contribution in [1.29, 1.82) is 0 Å². The monoisotopic (exact) mass is 535 g/mol. The fourth-order valence-corrected chi connectivity index (χ4v) is 6.41. The Hall–Kier alpha value is -1.36. The average molecular weight is 535 g/mol. The van der Waals surface area contributed by atoms with Crippen LogP contribution < -0.4 is 5.73 Å². The summed E-state index contributed by atoms with van der Waals surface area (Å²) in [5.41, 5.74) is 6.10. The minimum Gasteiger partial charge on any atom is -0.387 e. The first-order chi connectivity index (χ1) is 15.3. The number of aromatic nitrogens is 4. The van der Waals surface area contributed by atoms with Gasteiger partial charge in [0.15, 0.2) is 17.7 Å². The molecule has 0 saturated carbocycles. The number of nitrogens with zero attached hydrogens (tertiary/aromatic N) is 4. The minimum atomic E-state index is -5.61. The second kappa shape index (κ2) is 9.71. The number of phosphoric acid groups is 3. The summed E-state index contributed by atoms with van der Waals surface area (Å²) in [6.07, 6.45) is -3.41. The van der Waals surface area contributed by atoms with Crippen molar-refractivity contribution in [3.05, 3.63) is 12.7 Å². The maximum Gasteiger partial charge on any atom is 0.490 e. The summed E-state index contributed by atoms with van der Waals surface area (Å²) in [5.74, 6) is 0.0624. The summed E-state index contributed by atoms with van der Waals surface area (Å²) in [5, 5.41) is 20.7. The highest BCUT2D eigenvalue weighted by Crippen LogP contribution is 2.68. The van der Waals surface area contributed by atoms with Gasteiger partial charge in [0, 0.05) is 0 Å². The predicted molar refractivity (Wildman–Crippen MR) is 105 cm³/mol. The SMILES string of the molecule is CCOP(=O)(OC[C@H]1O[C@@H](n2cnc3c(N)ncnc32)[C@H](O)[C@@H]1O)OP(=O)(O)OP(=O)(O)O. The second-order valence-electron chi connectivity index (χ2n) is 6.41. The Balaban J connectivity index is 1.74. The molecule has 0 bridgehead atoms. The van der Waals surface area contributed by atoms with E-state index in [2.05, 4.69) is 28.1 Å². The number of fused-ring (bicyclic) bond motifs is 1. The smallest absolute Gasteiger partial charge is 0.387 e. The number of hydrogen-bond donors (Lipinski definition) is 6. The zero-order valence-electron chi connectivity index (χ0n) is 16.6. The van der Waals surface area contributed by atoms with Crippen LogP contribution in [-0.2, 0) is 36.1 Å². The van der Waals surface area contributed by atoms with E-state index in [-0.39, 0.29) is 23.6 Å². The molecule has 0 aromatic carbocycles. The van der Waals surface area contributed by atoms with Gasteiger partial charge in [-0.25, -0.2) is 28.6 Å². The lowest BCUT2D eigenvalue weighted by atomic mass is 10.1. The van der Waals surface area contributed by atoms with Crippen molar-refractivity contribution in [3.63, 3.8) is 0 Å². The van der Waals surface area contributed by atoms with E-state index in [1.54, 1.807) is 0 Å². The first-order valence-electron chi connectivity index (χ1n) is 8.90. The molecule has 2 unspecified atom stereocenters. The van der Waals surface area contributed by atoms with E-state index in [4.69, 9.17) is 24.8 Å². The van der Waals surface area contributed by atoms with E-state index in [0.717, 1.165) is 6.33 Å². The number of rotatable bonds is 10. The quantitative estimate of drug-likeness (QED) is 0.208. The molecule has 0 aliphatic carbocycles. The van der Waals surface area contributed by atoms with Gasteiger partial charge < -0.3 is 35.4 Å². The van der Waals surface area contributed by atoms with E-state index in [1.807, 2.05) is 0 Å². The van der Waals surface area contributed by atoms with Gasteiger partial charge >= 0.3 is 23.5 Å². The van der Waals surface area contributed by atoms with E-state index >= 15 is 0 Å². The summed E-state index contributed by atoms with van der Waals surface area (Å²) < 4.78 is 59.2.